The molecule has 1 atom stereocenters. The van der Waals surface area contributed by atoms with Gasteiger partial charge in [-0.15, -0.1) is 0 Å². The number of aromatic nitrogens is 1. The molecule has 25 heavy (non-hydrogen) atoms. The number of alkyl halides is 3. The van der Waals surface area contributed by atoms with Crippen molar-refractivity contribution >= 4 is 5.91 Å². The summed E-state index contributed by atoms with van der Waals surface area (Å²) >= 11 is 0. The number of hydrogen-bond acceptors (Lipinski definition) is 2. The van der Waals surface area contributed by atoms with Crippen LogP contribution in [0.25, 0.3) is 0 Å². The molecule has 0 radical (unpaired) electrons. The topological polar surface area (TPSA) is 51.1 Å². The molecule has 7 heteroatoms. The first kappa shape index (κ1) is 18.8. The molecule has 0 spiro atoms. The summed E-state index contributed by atoms with van der Waals surface area (Å²) in [5, 5.41) is 2.79. The number of rotatable bonds is 6. The van der Waals surface area contributed by atoms with Gasteiger partial charge in [0.25, 0.3) is 5.56 Å². The van der Waals surface area contributed by atoms with Gasteiger partial charge in [0.1, 0.15) is 6.54 Å². The van der Waals surface area contributed by atoms with E-state index in [0.29, 0.717) is 18.7 Å². The van der Waals surface area contributed by atoms with E-state index in [2.05, 4.69) is 5.32 Å². The number of nitrogens with one attached hydrogen (secondary N) is 1. The van der Waals surface area contributed by atoms with E-state index in [0.717, 1.165) is 22.6 Å². The van der Waals surface area contributed by atoms with Gasteiger partial charge in [0.15, 0.2) is 0 Å². The number of hydrogen-bond donors (Lipinski definition) is 1. The minimum Gasteiger partial charge on any atom is -0.348 e. The van der Waals surface area contributed by atoms with Crippen molar-refractivity contribution in [2.24, 2.45) is 0 Å². The van der Waals surface area contributed by atoms with Crippen molar-refractivity contribution in [3.8, 4) is 0 Å². The first-order chi connectivity index (χ1) is 11.8. The molecule has 1 aromatic heterocycles. The Morgan fingerprint density at radius 3 is 2.44 bits per heavy atom. The first-order valence-corrected chi connectivity index (χ1v) is 7.93. The summed E-state index contributed by atoms with van der Waals surface area (Å²) in [6, 6.07) is 10.6. The zero-order chi connectivity index (χ0) is 18.4. The molecule has 0 fully saturated rings. The summed E-state index contributed by atoms with van der Waals surface area (Å²) in [4.78, 5) is 24.0. The second kappa shape index (κ2) is 8.00. The van der Waals surface area contributed by atoms with Gasteiger partial charge < -0.3 is 9.88 Å². The Morgan fingerprint density at radius 2 is 1.84 bits per heavy atom. The molecule has 1 N–H and O–H groups in total. The summed E-state index contributed by atoms with van der Waals surface area (Å²) in [6.45, 7) is 1.51. The van der Waals surface area contributed by atoms with Crippen molar-refractivity contribution in [2.75, 3.05) is 0 Å². The lowest BCUT2D eigenvalue weighted by Gasteiger charge is -2.19. The molecule has 0 bridgehead atoms. The predicted octanol–water partition coefficient (Wildman–Crippen LogP) is 3.52. The van der Waals surface area contributed by atoms with Crippen LogP contribution in [0, 0.1) is 0 Å². The molecule has 2 aromatic rings. The maximum Gasteiger partial charge on any atom is 0.417 e. The highest BCUT2D eigenvalue weighted by Crippen LogP contribution is 2.28. The Morgan fingerprint density at radius 1 is 1.16 bits per heavy atom. The van der Waals surface area contributed by atoms with Gasteiger partial charge in [0, 0.05) is 12.3 Å². The van der Waals surface area contributed by atoms with Crippen molar-refractivity contribution in [2.45, 2.75) is 38.5 Å². The number of benzene rings is 1. The number of amides is 1. The monoisotopic (exact) mass is 352 g/mol. The van der Waals surface area contributed by atoms with E-state index in [9.17, 15) is 22.8 Å². The third-order valence-corrected chi connectivity index (χ3v) is 3.74. The normalized spacial score (nSPS) is 12.6. The highest BCUT2D eigenvalue weighted by Gasteiger charge is 2.31. The van der Waals surface area contributed by atoms with E-state index < -0.39 is 29.8 Å². The van der Waals surface area contributed by atoms with Gasteiger partial charge in [-0.1, -0.05) is 43.7 Å². The lowest BCUT2D eigenvalue weighted by molar-refractivity contribution is -0.138. The Balaban J connectivity index is 2.15. The molecular weight excluding hydrogens is 333 g/mol. The molecule has 4 nitrogen and oxygen atoms in total. The van der Waals surface area contributed by atoms with Crippen LogP contribution in [0.3, 0.4) is 0 Å². The highest BCUT2D eigenvalue weighted by molar-refractivity contribution is 5.76. The zero-order valence-electron chi connectivity index (χ0n) is 13.7. The molecule has 1 heterocycles. The van der Waals surface area contributed by atoms with Crippen LogP contribution < -0.4 is 10.9 Å². The van der Waals surface area contributed by atoms with E-state index in [-0.39, 0.29) is 6.04 Å². The minimum absolute atomic E-state index is 0.250. The van der Waals surface area contributed by atoms with E-state index in [1.54, 1.807) is 0 Å². The van der Waals surface area contributed by atoms with Crippen LogP contribution in [0.1, 0.15) is 36.9 Å². The largest absolute Gasteiger partial charge is 0.417 e. The Hall–Kier alpha value is -2.57. The van der Waals surface area contributed by atoms with Gasteiger partial charge in [-0.3, -0.25) is 9.59 Å². The van der Waals surface area contributed by atoms with Crippen LogP contribution in [0.2, 0.25) is 0 Å². The molecule has 0 saturated carbocycles. The van der Waals surface area contributed by atoms with Gasteiger partial charge >= 0.3 is 6.18 Å². The van der Waals surface area contributed by atoms with E-state index in [4.69, 9.17) is 0 Å². The van der Waals surface area contributed by atoms with Crippen molar-refractivity contribution in [1.82, 2.24) is 9.88 Å². The maximum atomic E-state index is 12.8. The van der Waals surface area contributed by atoms with Gasteiger partial charge in [0.05, 0.1) is 11.6 Å². The van der Waals surface area contributed by atoms with Crippen LogP contribution in [0.15, 0.2) is 53.5 Å². The molecule has 2 rings (SSSR count). The molecule has 0 aliphatic rings. The van der Waals surface area contributed by atoms with Crippen molar-refractivity contribution in [1.29, 1.82) is 0 Å². The molecule has 134 valence electrons. The van der Waals surface area contributed by atoms with Crippen LogP contribution >= 0.6 is 0 Å². The summed E-state index contributed by atoms with van der Waals surface area (Å²) in [6.07, 6.45) is -2.39. The van der Waals surface area contributed by atoms with Crippen LogP contribution in [0.4, 0.5) is 13.2 Å². The fourth-order valence-electron chi connectivity index (χ4n) is 2.51. The predicted molar refractivity (Wildman–Crippen MR) is 87.9 cm³/mol. The third kappa shape index (κ3) is 5.20. The Kier molecular flexibility index (Phi) is 6.01. The smallest absolute Gasteiger partial charge is 0.348 e. The zero-order valence-corrected chi connectivity index (χ0v) is 13.7. The fourth-order valence-corrected chi connectivity index (χ4v) is 2.51. The number of pyridine rings is 1. The van der Waals surface area contributed by atoms with E-state index >= 15 is 0 Å². The molecule has 1 unspecified atom stereocenters. The number of nitrogens with zero attached hydrogens (tertiary/aromatic N) is 1. The maximum absolute atomic E-state index is 12.8. The SMILES string of the molecule is CCCC(NC(=O)Cn1cc(C(F)(F)F)ccc1=O)c1ccccc1. The lowest BCUT2D eigenvalue weighted by Crippen LogP contribution is -2.34. The minimum atomic E-state index is -4.57. The highest BCUT2D eigenvalue weighted by atomic mass is 19.4. The second-order valence-electron chi connectivity index (χ2n) is 5.70. The second-order valence-corrected chi connectivity index (χ2v) is 5.70. The van der Waals surface area contributed by atoms with Crippen molar-refractivity contribution in [3.05, 3.63) is 70.1 Å². The molecule has 1 amide bonds. The summed E-state index contributed by atoms with van der Waals surface area (Å²) in [7, 11) is 0. The van der Waals surface area contributed by atoms with E-state index in [1.807, 2.05) is 37.3 Å². The average molecular weight is 352 g/mol. The molecule has 0 aliphatic heterocycles. The van der Waals surface area contributed by atoms with Crippen molar-refractivity contribution in [3.63, 3.8) is 0 Å². The summed E-state index contributed by atoms with van der Waals surface area (Å²) < 4.78 is 39.0. The van der Waals surface area contributed by atoms with Crippen LogP contribution in [-0.2, 0) is 17.5 Å². The van der Waals surface area contributed by atoms with Gasteiger partial charge in [-0.2, -0.15) is 13.2 Å². The third-order valence-electron chi connectivity index (χ3n) is 3.74. The summed E-state index contributed by atoms with van der Waals surface area (Å²) in [5.41, 5.74) is -0.711. The number of halogens is 3. The lowest BCUT2D eigenvalue weighted by atomic mass is 10.0. The molecule has 0 saturated heterocycles. The van der Waals surface area contributed by atoms with E-state index in [1.165, 1.54) is 0 Å². The quantitative estimate of drug-likeness (QED) is 0.865. The fraction of sp³-hybridized carbons (Fsp3) is 0.333. The Labute approximate surface area is 143 Å². The number of carbonyl (C=O) groups is 1. The van der Waals surface area contributed by atoms with Crippen molar-refractivity contribution < 1.29 is 18.0 Å². The van der Waals surface area contributed by atoms with Gasteiger partial charge in [0.2, 0.25) is 5.91 Å². The Bertz CT molecular complexity index is 770. The molecule has 0 aliphatic carbocycles. The average Bonchev–Trinajstić information content (AvgIpc) is 2.56. The van der Waals surface area contributed by atoms with Gasteiger partial charge in [-0.25, -0.2) is 0 Å². The number of carbonyl (C=O) groups excluding carboxylic acids is 1. The van der Waals surface area contributed by atoms with Crippen LogP contribution in [-0.4, -0.2) is 10.5 Å². The summed E-state index contributed by atoms with van der Waals surface area (Å²) in [5.74, 6) is -0.510. The standard InChI is InChI=1S/C18H19F3N2O2/c1-2-6-15(13-7-4-3-5-8-13)22-16(24)12-23-11-14(18(19,20)21)9-10-17(23)25/h3-5,7-11,15H,2,6,12H2,1H3,(H,22,24). The first-order valence-electron chi connectivity index (χ1n) is 7.93. The van der Waals surface area contributed by atoms with Crippen LogP contribution in [0.5, 0.6) is 0 Å². The van der Waals surface area contributed by atoms with Gasteiger partial charge in [-0.05, 0) is 18.1 Å². The molecule has 1 aromatic carbocycles. The molecular formula is C18H19F3N2O2.